The smallest absolute Gasteiger partial charge is 0.343 e. The number of carbonyl (C=O) groups excluding carboxylic acids is 8. The van der Waals surface area contributed by atoms with Crippen molar-refractivity contribution in [1.29, 1.82) is 0 Å². The number of amides is 4. The fourth-order valence-corrected chi connectivity index (χ4v) is 7.80. The standard InChI is InChI=1S/C62H54N4O12/c67-55-10-5-3-1-2-4-6-11-56(68)64-38-42-14-30-52(31-15-42)76-60(72)46-22-26-48(27-23-46)62(74)78-54-34-18-44(19-35-54)40-66-58(70)50-9-7-8-49(36-50)57(69)65-39-43-16-32-53(33-17-43)77-61(73)47-24-20-45(21-25-47)59(71)75-51-28-12-41(13-29-51)37-63-55/h1-2,7-9,12-36H,3-6,10-11,37-40H2,(H,63,67)(H,64,68)(H,65,69)(H,66,70). The number of hydrogen-bond donors (Lipinski definition) is 4. The zero-order chi connectivity index (χ0) is 54.6. The molecule has 7 aromatic rings. The van der Waals surface area contributed by atoms with E-state index in [0.717, 1.165) is 35.1 Å². The molecular formula is C62H54N4O12. The van der Waals surface area contributed by atoms with E-state index >= 15 is 0 Å². The van der Waals surface area contributed by atoms with Gasteiger partial charge in [0.15, 0.2) is 0 Å². The molecule has 394 valence electrons. The van der Waals surface area contributed by atoms with Crippen molar-refractivity contribution in [2.24, 2.45) is 0 Å². The highest BCUT2D eigenvalue weighted by Gasteiger charge is 2.17. The highest BCUT2D eigenvalue weighted by molar-refractivity contribution is 6.00. The summed E-state index contributed by atoms with van der Waals surface area (Å²) in [7, 11) is 0. The van der Waals surface area contributed by atoms with Crippen LogP contribution in [-0.2, 0) is 35.8 Å². The molecule has 0 saturated carbocycles. The molecule has 14 rings (SSSR count). The Kier molecular flexibility index (Phi) is 18.8. The molecule has 7 aliphatic rings. The van der Waals surface area contributed by atoms with Gasteiger partial charge >= 0.3 is 23.9 Å². The van der Waals surface area contributed by atoms with E-state index in [0.29, 0.717) is 50.3 Å². The van der Waals surface area contributed by atoms with E-state index in [1.54, 1.807) is 115 Å². The number of esters is 4. The molecule has 4 N–H and O–H groups in total. The second-order valence-corrected chi connectivity index (χ2v) is 18.0. The molecule has 14 bridgehead atoms. The zero-order valence-electron chi connectivity index (χ0n) is 42.3. The molecule has 4 amide bonds. The Labute approximate surface area is 449 Å². The second kappa shape index (κ2) is 27.0. The number of ether oxygens (including phenoxy) is 4. The Hall–Kier alpha value is -9.96. The average Bonchev–Trinajstić information content (AvgIpc) is 3.46. The minimum Gasteiger partial charge on any atom is -0.423 e. The summed E-state index contributed by atoms with van der Waals surface area (Å²) in [5.41, 5.74) is 4.48. The maximum atomic E-state index is 13.1. The molecule has 7 heterocycles. The van der Waals surface area contributed by atoms with Crippen molar-refractivity contribution in [3.63, 3.8) is 0 Å². The van der Waals surface area contributed by atoms with E-state index < -0.39 is 35.7 Å². The van der Waals surface area contributed by atoms with Crippen molar-refractivity contribution >= 4 is 47.5 Å². The third kappa shape index (κ3) is 16.3. The van der Waals surface area contributed by atoms with Crippen molar-refractivity contribution in [2.45, 2.75) is 64.7 Å². The van der Waals surface area contributed by atoms with Crippen LogP contribution >= 0.6 is 0 Å². The van der Waals surface area contributed by atoms with Gasteiger partial charge in [0.1, 0.15) is 23.0 Å². The van der Waals surface area contributed by atoms with Crippen molar-refractivity contribution in [3.05, 3.63) is 238 Å². The Morgan fingerprint density at radius 2 is 0.564 bits per heavy atom. The van der Waals surface area contributed by atoms with Crippen LogP contribution < -0.4 is 40.2 Å². The van der Waals surface area contributed by atoms with Gasteiger partial charge in [-0.15, -0.1) is 0 Å². The van der Waals surface area contributed by atoms with E-state index in [9.17, 15) is 38.4 Å². The molecule has 0 fully saturated rings. The third-order valence-electron chi connectivity index (χ3n) is 12.2. The Bertz CT molecular complexity index is 3080. The summed E-state index contributed by atoms with van der Waals surface area (Å²) in [5.74, 6) is -2.39. The predicted octanol–water partition coefficient (Wildman–Crippen LogP) is 9.57. The molecule has 16 nitrogen and oxygen atoms in total. The maximum absolute atomic E-state index is 13.1. The Balaban J connectivity index is 0.860. The molecule has 78 heavy (non-hydrogen) atoms. The van der Waals surface area contributed by atoms with Crippen molar-refractivity contribution in [1.82, 2.24) is 21.3 Å². The summed E-state index contributed by atoms with van der Waals surface area (Å²) in [6.45, 7) is 0.909. The third-order valence-corrected chi connectivity index (χ3v) is 12.2. The van der Waals surface area contributed by atoms with Crippen molar-refractivity contribution in [3.8, 4) is 23.0 Å². The summed E-state index contributed by atoms with van der Waals surface area (Å²) in [6.07, 6.45) is 7.49. The molecule has 0 aliphatic carbocycles. The minimum atomic E-state index is -0.644. The van der Waals surface area contributed by atoms with Gasteiger partial charge in [0.2, 0.25) is 11.8 Å². The SMILES string of the molecule is O=C1CCCC=CCCCC(=O)NCc2ccc(cc2)OC(=O)c2ccc(cc2)C(=O)Oc2ccc(cc2)CNC(=O)c2cccc(c2)C(=O)NCc2ccc(cc2)OC(=O)c2ccc(cc2)C(=O)Oc2ccc(cc2)CN1. The number of allylic oxidation sites excluding steroid dienone is 2. The summed E-state index contributed by atoms with van der Waals surface area (Å²) in [4.78, 5) is 103. The van der Waals surface area contributed by atoms with Crippen LogP contribution in [0, 0.1) is 0 Å². The van der Waals surface area contributed by atoms with Gasteiger partial charge in [-0.25, -0.2) is 19.2 Å². The van der Waals surface area contributed by atoms with Crippen molar-refractivity contribution in [2.75, 3.05) is 0 Å². The monoisotopic (exact) mass is 1050 g/mol. The fraction of sp³-hybridized carbons (Fsp3) is 0.161. The minimum absolute atomic E-state index is 0.0907. The normalized spacial score (nSPS) is 15.1. The molecule has 0 saturated heterocycles. The topological polar surface area (TPSA) is 222 Å². The lowest BCUT2D eigenvalue weighted by molar-refractivity contribution is -0.122. The second-order valence-electron chi connectivity index (χ2n) is 18.0. The Morgan fingerprint density at radius 1 is 0.295 bits per heavy atom. The van der Waals surface area contributed by atoms with Crippen LogP contribution in [0.2, 0.25) is 0 Å². The molecular weight excluding hydrogens is 993 g/mol. The summed E-state index contributed by atoms with van der Waals surface area (Å²) < 4.78 is 22.1. The van der Waals surface area contributed by atoms with Gasteiger partial charge in [-0.3, -0.25) is 19.2 Å². The fourth-order valence-electron chi connectivity index (χ4n) is 7.80. The van der Waals surface area contributed by atoms with Gasteiger partial charge in [-0.2, -0.15) is 0 Å². The van der Waals surface area contributed by atoms with Gasteiger partial charge in [-0.05, 0) is 163 Å². The van der Waals surface area contributed by atoms with Crippen LogP contribution in [-0.4, -0.2) is 47.5 Å². The van der Waals surface area contributed by atoms with E-state index in [2.05, 4.69) is 21.3 Å². The van der Waals surface area contributed by atoms with E-state index in [1.807, 2.05) is 12.2 Å². The van der Waals surface area contributed by atoms with Gasteiger partial charge in [-0.1, -0.05) is 66.7 Å². The van der Waals surface area contributed by atoms with Crippen LogP contribution in [0.25, 0.3) is 0 Å². The first-order valence-electron chi connectivity index (χ1n) is 25.2. The maximum Gasteiger partial charge on any atom is 0.343 e. The average molecular weight is 1050 g/mol. The first-order valence-corrected chi connectivity index (χ1v) is 25.2. The molecule has 0 unspecified atom stereocenters. The largest absolute Gasteiger partial charge is 0.423 e. The summed E-state index contributed by atoms with van der Waals surface area (Å²) in [5, 5.41) is 11.5. The van der Waals surface area contributed by atoms with Crippen LogP contribution in [0.1, 0.15) is 123 Å². The van der Waals surface area contributed by atoms with Crippen LogP contribution in [0.15, 0.2) is 182 Å². The summed E-state index contributed by atoms with van der Waals surface area (Å²) in [6, 6.07) is 44.7. The zero-order valence-corrected chi connectivity index (χ0v) is 42.3. The lowest BCUT2D eigenvalue weighted by Gasteiger charge is -2.10. The molecule has 0 aromatic heterocycles. The number of fused-ring (bicyclic) bond motifs is 6. The predicted molar refractivity (Wildman–Crippen MR) is 288 cm³/mol. The van der Waals surface area contributed by atoms with Crippen LogP contribution in [0.3, 0.4) is 0 Å². The number of rotatable bonds is 0. The first kappa shape index (κ1) is 54.3. The van der Waals surface area contributed by atoms with E-state index in [-0.39, 0.29) is 69.8 Å². The quantitative estimate of drug-likeness (QED) is 0.0634. The molecule has 7 aliphatic heterocycles. The highest BCUT2D eigenvalue weighted by atomic mass is 16.5. The highest BCUT2D eigenvalue weighted by Crippen LogP contribution is 2.21. The molecule has 7 aromatic carbocycles. The van der Waals surface area contributed by atoms with Gasteiger partial charge < -0.3 is 40.2 Å². The van der Waals surface area contributed by atoms with Crippen LogP contribution in [0.5, 0.6) is 23.0 Å². The lowest BCUT2D eigenvalue weighted by Crippen LogP contribution is -2.25. The number of nitrogens with one attached hydrogen (secondary N) is 4. The molecule has 0 radical (unpaired) electrons. The summed E-state index contributed by atoms with van der Waals surface area (Å²) >= 11 is 0. The number of hydrogen-bond acceptors (Lipinski definition) is 12. The molecule has 16 heteroatoms. The van der Waals surface area contributed by atoms with Gasteiger partial charge in [0, 0.05) is 50.1 Å². The van der Waals surface area contributed by atoms with E-state index in [4.69, 9.17) is 18.9 Å². The lowest BCUT2D eigenvalue weighted by atomic mass is 10.1. The Morgan fingerprint density at radius 3 is 0.846 bits per heavy atom. The molecule has 0 spiro atoms. The van der Waals surface area contributed by atoms with Crippen LogP contribution in [0.4, 0.5) is 0 Å². The van der Waals surface area contributed by atoms with Gasteiger partial charge in [0.05, 0.1) is 22.3 Å². The molecule has 0 atom stereocenters. The first-order chi connectivity index (χ1) is 37.9. The van der Waals surface area contributed by atoms with E-state index in [1.165, 1.54) is 54.6 Å². The number of benzene rings is 7. The van der Waals surface area contributed by atoms with Crippen molar-refractivity contribution < 1.29 is 57.3 Å². The number of carbonyl (C=O) groups is 8. The van der Waals surface area contributed by atoms with Gasteiger partial charge in [0.25, 0.3) is 11.8 Å².